The van der Waals surface area contributed by atoms with Gasteiger partial charge < -0.3 is 10.7 Å². The highest BCUT2D eigenvalue weighted by Crippen LogP contribution is 2.28. The van der Waals surface area contributed by atoms with Crippen LogP contribution in [0.3, 0.4) is 0 Å². The molecule has 1 aliphatic rings. The fourth-order valence-corrected chi connectivity index (χ4v) is 3.49. The summed E-state index contributed by atoms with van der Waals surface area (Å²) in [7, 11) is 0. The number of anilines is 1. The minimum absolute atomic E-state index is 0.246. The first kappa shape index (κ1) is 15.1. The fourth-order valence-electron chi connectivity index (χ4n) is 3.49. The van der Waals surface area contributed by atoms with Crippen molar-refractivity contribution >= 4 is 17.1 Å². The third kappa shape index (κ3) is 2.73. The maximum absolute atomic E-state index is 5.81. The Kier molecular flexibility index (Phi) is 3.90. The van der Waals surface area contributed by atoms with Crippen LogP contribution in [0.2, 0.25) is 0 Å². The van der Waals surface area contributed by atoms with Crippen molar-refractivity contribution in [1.29, 1.82) is 0 Å². The van der Waals surface area contributed by atoms with Gasteiger partial charge in [-0.1, -0.05) is 30.7 Å². The van der Waals surface area contributed by atoms with E-state index in [1.165, 1.54) is 37.9 Å². The molecule has 2 aromatic heterocycles. The molecule has 4 rings (SSSR count). The number of nitrogen functional groups attached to an aromatic ring is 1. The van der Waals surface area contributed by atoms with Gasteiger partial charge in [0.1, 0.15) is 11.2 Å². The monoisotopic (exact) mass is 322 g/mol. The summed E-state index contributed by atoms with van der Waals surface area (Å²) in [6.45, 7) is 4.68. The predicted molar refractivity (Wildman–Crippen MR) is 95.4 cm³/mol. The minimum Gasteiger partial charge on any atom is -0.368 e. The lowest BCUT2D eigenvalue weighted by Crippen LogP contribution is -2.32. The first-order valence-electron chi connectivity index (χ1n) is 8.53. The Labute approximate surface area is 141 Å². The summed E-state index contributed by atoms with van der Waals surface area (Å²) < 4.78 is 0. The largest absolute Gasteiger partial charge is 0.368 e. The lowest BCUT2D eigenvalue weighted by Gasteiger charge is -2.32. The van der Waals surface area contributed by atoms with Crippen LogP contribution in [0.25, 0.3) is 22.4 Å². The van der Waals surface area contributed by atoms with E-state index in [0.717, 1.165) is 16.8 Å². The molecule has 6 nitrogen and oxygen atoms in total. The number of aromatic nitrogens is 4. The molecule has 1 aliphatic heterocycles. The van der Waals surface area contributed by atoms with Crippen molar-refractivity contribution in [2.24, 2.45) is 0 Å². The Bertz CT molecular complexity index is 832. The Balaban J connectivity index is 1.64. The molecule has 0 bridgehead atoms. The number of H-pyrrole nitrogens is 1. The van der Waals surface area contributed by atoms with E-state index in [1.54, 1.807) is 6.33 Å². The van der Waals surface area contributed by atoms with Gasteiger partial charge in [0.15, 0.2) is 5.65 Å². The average molecular weight is 322 g/mol. The predicted octanol–water partition coefficient (Wildman–Crippen LogP) is 3.15. The molecule has 124 valence electrons. The summed E-state index contributed by atoms with van der Waals surface area (Å²) in [6, 6.07) is 9.04. The molecule has 24 heavy (non-hydrogen) atoms. The molecular weight excluding hydrogens is 300 g/mol. The molecule has 1 fully saturated rings. The van der Waals surface area contributed by atoms with Gasteiger partial charge in [-0.2, -0.15) is 4.98 Å². The van der Waals surface area contributed by atoms with Gasteiger partial charge in [-0.05, 0) is 38.4 Å². The number of nitrogens with two attached hydrogens (primary N) is 1. The van der Waals surface area contributed by atoms with Crippen molar-refractivity contribution < 1.29 is 0 Å². The lowest BCUT2D eigenvalue weighted by atomic mass is 10.0. The van der Waals surface area contributed by atoms with Gasteiger partial charge in [0.25, 0.3) is 0 Å². The van der Waals surface area contributed by atoms with Crippen LogP contribution in [-0.4, -0.2) is 37.9 Å². The zero-order valence-corrected chi connectivity index (χ0v) is 13.9. The Morgan fingerprint density at radius 3 is 2.58 bits per heavy atom. The van der Waals surface area contributed by atoms with Crippen LogP contribution >= 0.6 is 0 Å². The zero-order valence-electron chi connectivity index (χ0n) is 13.9. The van der Waals surface area contributed by atoms with Crippen LogP contribution in [0.4, 0.5) is 5.95 Å². The number of hydrogen-bond donors (Lipinski definition) is 2. The second-order valence-corrected chi connectivity index (χ2v) is 6.43. The standard InChI is InChI=1S/C18H22N6/c1-12(24-9-3-2-4-10-24)13-5-7-14(8-6-13)15-16-17(21-11-20-16)23-18(19)22-15/h5-8,11-12H,2-4,9-10H2,1H3,(H3,19,20,21,22,23). The summed E-state index contributed by atoms with van der Waals surface area (Å²) >= 11 is 0. The van der Waals surface area contributed by atoms with Crippen molar-refractivity contribution in [3.05, 3.63) is 36.2 Å². The number of benzene rings is 1. The van der Waals surface area contributed by atoms with Crippen LogP contribution in [0, 0.1) is 0 Å². The Morgan fingerprint density at radius 2 is 1.83 bits per heavy atom. The molecule has 3 aromatic rings. The number of likely N-dealkylation sites (tertiary alicyclic amines) is 1. The highest BCUT2D eigenvalue weighted by molar-refractivity contribution is 5.87. The second kappa shape index (κ2) is 6.20. The number of fused-ring (bicyclic) bond motifs is 1. The number of aromatic amines is 1. The van der Waals surface area contributed by atoms with Gasteiger partial charge in [-0.15, -0.1) is 0 Å². The van der Waals surface area contributed by atoms with Gasteiger partial charge in [-0.25, -0.2) is 9.97 Å². The smallest absolute Gasteiger partial charge is 0.222 e. The molecular formula is C18H22N6. The highest BCUT2D eigenvalue weighted by Gasteiger charge is 2.18. The Hall–Kier alpha value is -2.47. The minimum atomic E-state index is 0.246. The first-order chi connectivity index (χ1) is 11.7. The number of imidazole rings is 1. The molecule has 1 saturated heterocycles. The molecule has 0 radical (unpaired) electrons. The van der Waals surface area contributed by atoms with E-state index < -0.39 is 0 Å². The quantitative estimate of drug-likeness (QED) is 0.774. The number of nitrogens with zero attached hydrogens (tertiary/aromatic N) is 4. The third-order valence-corrected chi connectivity index (χ3v) is 4.91. The van der Waals surface area contributed by atoms with Crippen molar-refractivity contribution in [3.8, 4) is 11.3 Å². The van der Waals surface area contributed by atoms with E-state index in [-0.39, 0.29) is 5.95 Å². The number of piperidine rings is 1. The normalized spacial score (nSPS) is 17.2. The van der Waals surface area contributed by atoms with Crippen molar-refractivity contribution in [2.45, 2.75) is 32.2 Å². The van der Waals surface area contributed by atoms with E-state index in [4.69, 9.17) is 5.73 Å². The summed E-state index contributed by atoms with van der Waals surface area (Å²) in [4.78, 5) is 18.4. The molecule has 1 aromatic carbocycles. The summed E-state index contributed by atoms with van der Waals surface area (Å²) in [5.74, 6) is 0.246. The maximum atomic E-state index is 5.81. The van der Waals surface area contributed by atoms with Crippen LogP contribution in [0.5, 0.6) is 0 Å². The number of nitrogens with one attached hydrogen (secondary N) is 1. The molecule has 1 unspecified atom stereocenters. The summed E-state index contributed by atoms with van der Waals surface area (Å²) in [5, 5.41) is 0. The second-order valence-electron chi connectivity index (χ2n) is 6.43. The SMILES string of the molecule is CC(c1ccc(-c2nc(N)nc3nc[nH]c23)cc1)N1CCCCC1. The van der Waals surface area contributed by atoms with Gasteiger partial charge in [0, 0.05) is 11.6 Å². The van der Waals surface area contributed by atoms with E-state index >= 15 is 0 Å². The van der Waals surface area contributed by atoms with Crippen molar-refractivity contribution in [2.75, 3.05) is 18.8 Å². The zero-order chi connectivity index (χ0) is 16.5. The van der Waals surface area contributed by atoms with E-state index in [2.05, 4.69) is 56.0 Å². The highest BCUT2D eigenvalue weighted by atomic mass is 15.2. The fraction of sp³-hybridized carbons (Fsp3) is 0.389. The average Bonchev–Trinajstić information content (AvgIpc) is 3.09. The van der Waals surface area contributed by atoms with Crippen molar-refractivity contribution in [3.63, 3.8) is 0 Å². The number of rotatable bonds is 3. The van der Waals surface area contributed by atoms with Gasteiger partial charge in [-0.3, -0.25) is 4.90 Å². The van der Waals surface area contributed by atoms with E-state index in [9.17, 15) is 0 Å². The number of hydrogen-bond acceptors (Lipinski definition) is 5. The summed E-state index contributed by atoms with van der Waals surface area (Å²) in [5.41, 5.74) is 10.4. The maximum Gasteiger partial charge on any atom is 0.222 e. The molecule has 0 aliphatic carbocycles. The lowest BCUT2D eigenvalue weighted by molar-refractivity contribution is 0.175. The molecule has 3 N–H and O–H groups in total. The van der Waals surface area contributed by atoms with Crippen LogP contribution in [0.15, 0.2) is 30.6 Å². The van der Waals surface area contributed by atoms with Crippen LogP contribution in [0.1, 0.15) is 37.8 Å². The summed E-state index contributed by atoms with van der Waals surface area (Å²) in [6.07, 6.45) is 5.59. The molecule has 1 atom stereocenters. The third-order valence-electron chi connectivity index (χ3n) is 4.91. The van der Waals surface area contributed by atoms with Crippen molar-refractivity contribution in [1.82, 2.24) is 24.8 Å². The van der Waals surface area contributed by atoms with Gasteiger partial charge in [0.05, 0.1) is 6.33 Å². The van der Waals surface area contributed by atoms with E-state index in [0.29, 0.717) is 11.7 Å². The van der Waals surface area contributed by atoms with Gasteiger partial charge in [0.2, 0.25) is 5.95 Å². The first-order valence-corrected chi connectivity index (χ1v) is 8.53. The molecule has 0 spiro atoms. The van der Waals surface area contributed by atoms with Crippen LogP contribution in [-0.2, 0) is 0 Å². The molecule has 3 heterocycles. The van der Waals surface area contributed by atoms with Crippen LogP contribution < -0.4 is 5.73 Å². The Morgan fingerprint density at radius 1 is 1.08 bits per heavy atom. The molecule has 0 amide bonds. The topological polar surface area (TPSA) is 83.7 Å². The van der Waals surface area contributed by atoms with Gasteiger partial charge >= 0.3 is 0 Å². The molecule has 6 heteroatoms. The molecule has 0 saturated carbocycles. The van der Waals surface area contributed by atoms with E-state index in [1.807, 2.05) is 0 Å².